The zero-order valence-electron chi connectivity index (χ0n) is 17.8. The van der Waals surface area contributed by atoms with Crippen molar-refractivity contribution in [2.75, 3.05) is 72.9 Å². The summed E-state index contributed by atoms with van der Waals surface area (Å²) < 4.78 is 16.6. The lowest BCUT2D eigenvalue weighted by Gasteiger charge is -2.32. The van der Waals surface area contributed by atoms with E-state index in [-0.39, 0.29) is 5.91 Å². The van der Waals surface area contributed by atoms with E-state index in [0.717, 1.165) is 45.6 Å². The number of ether oxygens (including phenoxy) is 3. The van der Waals surface area contributed by atoms with Crippen LogP contribution in [0, 0.1) is 0 Å². The van der Waals surface area contributed by atoms with Gasteiger partial charge in [-0.3, -0.25) is 4.79 Å². The molecule has 0 saturated carbocycles. The molecule has 0 unspecified atom stereocenters. The average Bonchev–Trinajstić information content (AvgIpc) is 2.68. The Labute approximate surface area is 166 Å². The minimum atomic E-state index is 0.255. The monoisotopic (exact) mass is 386 g/mol. The summed E-state index contributed by atoms with van der Waals surface area (Å²) in [6.45, 7) is 9.82. The molecule has 1 amide bonds. The first-order valence-electron chi connectivity index (χ1n) is 10.9. The van der Waals surface area contributed by atoms with Crippen molar-refractivity contribution in [1.82, 2.24) is 9.80 Å². The van der Waals surface area contributed by atoms with Gasteiger partial charge >= 0.3 is 0 Å². The highest BCUT2D eigenvalue weighted by molar-refractivity contribution is 5.76. The van der Waals surface area contributed by atoms with Crippen LogP contribution in [0.15, 0.2) is 0 Å². The van der Waals surface area contributed by atoms with Crippen LogP contribution in [0.3, 0.4) is 0 Å². The molecule has 1 fully saturated rings. The quantitative estimate of drug-likeness (QED) is 0.360. The van der Waals surface area contributed by atoms with E-state index in [1.54, 1.807) is 0 Å². The summed E-state index contributed by atoms with van der Waals surface area (Å²) in [5.41, 5.74) is 0. The van der Waals surface area contributed by atoms with E-state index >= 15 is 0 Å². The van der Waals surface area contributed by atoms with E-state index in [1.165, 1.54) is 32.1 Å². The van der Waals surface area contributed by atoms with E-state index in [4.69, 9.17) is 14.2 Å². The van der Waals surface area contributed by atoms with Crippen LogP contribution in [0.4, 0.5) is 0 Å². The molecular formula is C21H42N2O4. The lowest BCUT2D eigenvalue weighted by atomic mass is 10.1. The van der Waals surface area contributed by atoms with Gasteiger partial charge in [-0.05, 0) is 19.9 Å². The van der Waals surface area contributed by atoms with Gasteiger partial charge in [0.25, 0.3) is 0 Å². The smallest absolute Gasteiger partial charge is 0.222 e. The molecule has 6 nitrogen and oxygen atoms in total. The summed E-state index contributed by atoms with van der Waals surface area (Å²) in [7, 11) is 2.10. The largest absolute Gasteiger partial charge is 0.379 e. The first kappa shape index (κ1) is 24.3. The third-order valence-electron chi connectivity index (χ3n) is 4.92. The van der Waals surface area contributed by atoms with Crippen LogP contribution < -0.4 is 0 Å². The topological polar surface area (TPSA) is 51.2 Å². The van der Waals surface area contributed by atoms with Crippen molar-refractivity contribution in [3.05, 3.63) is 0 Å². The third kappa shape index (κ3) is 14.0. The Morgan fingerprint density at radius 2 is 1.22 bits per heavy atom. The fourth-order valence-corrected chi connectivity index (χ4v) is 3.07. The van der Waals surface area contributed by atoms with Gasteiger partial charge in [0.05, 0.1) is 26.4 Å². The van der Waals surface area contributed by atoms with Crippen LogP contribution in [0.25, 0.3) is 0 Å². The molecule has 6 heteroatoms. The number of unbranched alkanes of at least 4 members (excludes halogenated alkanes) is 5. The molecule has 27 heavy (non-hydrogen) atoms. The molecule has 1 rings (SSSR count). The standard InChI is InChI=1S/C21H42N2O4/c1-3-4-5-6-7-8-15-25-17-19-27-20-18-26-16-9-10-21(24)23-13-11-22(2)12-14-23/h3-20H2,1-2H3. The van der Waals surface area contributed by atoms with Crippen molar-refractivity contribution < 1.29 is 19.0 Å². The van der Waals surface area contributed by atoms with Crippen LogP contribution >= 0.6 is 0 Å². The predicted octanol–water partition coefficient (Wildman–Crippen LogP) is 2.95. The summed E-state index contributed by atoms with van der Waals surface area (Å²) in [6, 6.07) is 0. The third-order valence-corrected chi connectivity index (χ3v) is 4.92. The Morgan fingerprint density at radius 1 is 0.704 bits per heavy atom. The maximum atomic E-state index is 12.1. The van der Waals surface area contributed by atoms with Gasteiger partial charge in [0, 0.05) is 45.8 Å². The molecule has 0 atom stereocenters. The number of carbonyl (C=O) groups excluding carboxylic acids is 1. The van der Waals surface area contributed by atoms with Crippen molar-refractivity contribution in [3.8, 4) is 0 Å². The van der Waals surface area contributed by atoms with Crippen molar-refractivity contribution in [2.24, 2.45) is 0 Å². The van der Waals surface area contributed by atoms with Gasteiger partial charge in [0.1, 0.15) is 0 Å². The van der Waals surface area contributed by atoms with E-state index in [0.29, 0.717) is 39.5 Å². The zero-order chi connectivity index (χ0) is 19.6. The number of likely N-dealkylation sites (N-methyl/N-ethyl adjacent to an activating group) is 1. The Kier molecular flexibility index (Phi) is 15.7. The molecule has 1 heterocycles. The van der Waals surface area contributed by atoms with Gasteiger partial charge < -0.3 is 24.0 Å². The minimum absolute atomic E-state index is 0.255. The Balaban J connectivity index is 1.75. The first-order chi connectivity index (χ1) is 13.2. The molecule has 0 N–H and O–H groups in total. The Bertz CT molecular complexity index is 347. The number of hydrogen-bond donors (Lipinski definition) is 0. The predicted molar refractivity (Wildman–Crippen MR) is 109 cm³/mol. The van der Waals surface area contributed by atoms with Crippen molar-refractivity contribution in [3.63, 3.8) is 0 Å². The molecular weight excluding hydrogens is 344 g/mol. The minimum Gasteiger partial charge on any atom is -0.379 e. The van der Waals surface area contributed by atoms with Crippen LogP contribution in [0.2, 0.25) is 0 Å². The number of rotatable bonds is 17. The van der Waals surface area contributed by atoms with Crippen LogP contribution in [-0.2, 0) is 19.0 Å². The summed E-state index contributed by atoms with van der Waals surface area (Å²) >= 11 is 0. The van der Waals surface area contributed by atoms with E-state index in [9.17, 15) is 4.79 Å². The molecule has 0 aromatic rings. The second kappa shape index (κ2) is 17.4. The van der Waals surface area contributed by atoms with Gasteiger partial charge in [0.2, 0.25) is 5.91 Å². The first-order valence-corrected chi connectivity index (χ1v) is 10.9. The molecule has 1 aliphatic heterocycles. The number of carbonyl (C=O) groups is 1. The molecule has 0 spiro atoms. The highest BCUT2D eigenvalue weighted by Gasteiger charge is 2.18. The van der Waals surface area contributed by atoms with Crippen LogP contribution in [-0.4, -0.2) is 88.6 Å². The Morgan fingerprint density at radius 3 is 1.85 bits per heavy atom. The highest BCUT2D eigenvalue weighted by atomic mass is 16.5. The van der Waals surface area contributed by atoms with Gasteiger partial charge in [-0.2, -0.15) is 0 Å². The summed E-state index contributed by atoms with van der Waals surface area (Å²) in [6.07, 6.45) is 9.11. The lowest BCUT2D eigenvalue weighted by molar-refractivity contribution is -0.133. The average molecular weight is 387 g/mol. The zero-order valence-corrected chi connectivity index (χ0v) is 17.8. The van der Waals surface area contributed by atoms with Gasteiger partial charge in [-0.15, -0.1) is 0 Å². The van der Waals surface area contributed by atoms with Crippen LogP contribution in [0.1, 0.15) is 58.3 Å². The van der Waals surface area contributed by atoms with Crippen molar-refractivity contribution in [1.29, 1.82) is 0 Å². The van der Waals surface area contributed by atoms with E-state index < -0.39 is 0 Å². The lowest BCUT2D eigenvalue weighted by Crippen LogP contribution is -2.47. The van der Waals surface area contributed by atoms with Gasteiger partial charge in [-0.25, -0.2) is 0 Å². The molecule has 0 aliphatic carbocycles. The Hall–Kier alpha value is -0.690. The molecule has 0 aromatic carbocycles. The molecule has 1 aliphatic rings. The van der Waals surface area contributed by atoms with Gasteiger partial charge in [-0.1, -0.05) is 39.0 Å². The number of piperazine rings is 1. The molecule has 0 aromatic heterocycles. The molecule has 160 valence electrons. The summed E-state index contributed by atoms with van der Waals surface area (Å²) in [5.74, 6) is 0.255. The molecule has 0 bridgehead atoms. The number of amides is 1. The van der Waals surface area contributed by atoms with Crippen LogP contribution in [0.5, 0.6) is 0 Å². The van der Waals surface area contributed by atoms with E-state index in [1.807, 2.05) is 4.90 Å². The molecule has 1 saturated heterocycles. The molecule has 0 radical (unpaired) electrons. The maximum absolute atomic E-state index is 12.1. The summed E-state index contributed by atoms with van der Waals surface area (Å²) in [4.78, 5) is 16.3. The van der Waals surface area contributed by atoms with E-state index in [2.05, 4.69) is 18.9 Å². The van der Waals surface area contributed by atoms with Gasteiger partial charge in [0.15, 0.2) is 0 Å². The second-order valence-corrected chi connectivity index (χ2v) is 7.39. The number of hydrogen-bond acceptors (Lipinski definition) is 5. The maximum Gasteiger partial charge on any atom is 0.222 e. The van der Waals surface area contributed by atoms with Crippen molar-refractivity contribution >= 4 is 5.91 Å². The second-order valence-electron chi connectivity index (χ2n) is 7.39. The fraction of sp³-hybridized carbons (Fsp3) is 0.952. The number of nitrogens with zero attached hydrogens (tertiary/aromatic N) is 2. The highest BCUT2D eigenvalue weighted by Crippen LogP contribution is 2.05. The summed E-state index contributed by atoms with van der Waals surface area (Å²) in [5, 5.41) is 0. The normalized spacial score (nSPS) is 15.4. The van der Waals surface area contributed by atoms with Crippen molar-refractivity contribution in [2.45, 2.75) is 58.3 Å². The SMILES string of the molecule is CCCCCCCCOCCOCCOCCCC(=O)N1CCN(C)CC1. The fourth-order valence-electron chi connectivity index (χ4n) is 3.07.